The maximum Gasteiger partial charge on any atom is 0.232 e. The van der Waals surface area contributed by atoms with Crippen LogP contribution in [0.2, 0.25) is 0 Å². The van der Waals surface area contributed by atoms with E-state index in [0.29, 0.717) is 40.4 Å². The second-order valence-electron chi connectivity index (χ2n) is 7.62. The Morgan fingerprint density at radius 3 is 2.29 bits per heavy atom. The molecule has 1 heterocycles. The quantitative estimate of drug-likeness (QED) is 0.324. The molecule has 0 spiro atoms. The molecule has 8 nitrogen and oxygen atoms in total. The first-order chi connectivity index (χ1) is 16.1. The molecule has 0 fully saturated rings. The molecule has 0 radical (unpaired) electrons. The average Bonchev–Trinajstić information content (AvgIpc) is 2.74. The molecule has 0 atom stereocenters. The normalized spacial score (nSPS) is 11.1. The second kappa shape index (κ2) is 10.9. The lowest BCUT2D eigenvalue weighted by Gasteiger charge is -2.14. The molecule has 1 amide bonds. The molecule has 0 unspecified atom stereocenters. The van der Waals surface area contributed by atoms with Crippen LogP contribution in [0.5, 0.6) is 0 Å². The fraction of sp³-hybridized carbons (Fsp3) is 0.217. The van der Waals surface area contributed by atoms with Gasteiger partial charge in [-0.05, 0) is 48.4 Å². The third-order valence-electron chi connectivity index (χ3n) is 4.66. The first-order valence-corrected chi connectivity index (χ1v) is 12.1. The largest absolute Gasteiger partial charge is 0.381 e. The van der Waals surface area contributed by atoms with Gasteiger partial charge in [-0.1, -0.05) is 6.92 Å². The van der Waals surface area contributed by atoms with Crippen LogP contribution in [0.4, 0.5) is 31.7 Å². The Morgan fingerprint density at radius 1 is 1.03 bits per heavy atom. The lowest BCUT2D eigenvalue weighted by atomic mass is 10.1. The van der Waals surface area contributed by atoms with E-state index in [1.54, 1.807) is 37.3 Å². The number of carbonyl (C=O) groups excluding carboxylic acids is 1. The van der Waals surface area contributed by atoms with Crippen molar-refractivity contribution >= 4 is 38.8 Å². The molecule has 0 aliphatic carbocycles. The van der Waals surface area contributed by atoms with Gasteiger partial charge in [-0.3, -0.25) is 9.52 Å². The van der Waals surface area contributed by atoms with Crippen molar-refractivity contribution in [1.29, 1.82) is 0 Å². The van der Waals surface area contributed by atoms with Crippen LogP contribution >= 0.6 is 0 Å². The molecule has 0 saturated heterocycles. The highest BCUT2D eigenvalue weighted by molar-refractivity contribution is 7.92. The van der Waals surface area contributed by atoms with Crippen LogP contribution in [-0.2, 0) is 27.8 Å². The van der Waals surface area contributed by atoms with Gasteiger partial charge in [-0.2, -0.15) is 0 Å². The van der Waals surface area contributed by atoms with Crippen LogP contribution in [0.15, 0.2) is 54.7 Å². The van der Waals surface area contributed by atoms with E-state index in [-0.39, 0.29) is 18.7 Å². The number of nitrogens with one attached hydrogen (secondary N) is 3. The average molecular weight is 490 g/mol. The van der Waals surface area contributed by atoms with Gasteiger partial charge in [0.1, 0.15) is 17.5 Å². The summed E-state index contributed by atoms with van der Waals surface area (Å²) in [6.07, 6.45) is 1.92. The summed E-state index contributed by atoms with van der Waals surface area (Å²) in [5.41, 5.74) is 7.83. The van der Waals surface area contributed by atoms with Gasteiger partial charge >= 0.3 is 0 Å². The Bertz CT molecular complexity index is 1250. The highest BCUT2D eigenvalue weighted by atomic mass is 32.2. The zero-order chi connectivity index (χ0) is 24.7. The summed E-state index contributed by atoms with van der Waals surface area (Å²) in [7, 11) is -3.39. The van der Waals surface area contributed by atoms with Crippen molar-refractivity contribution in [3.05, 3.63) is 77.5 Å². The molecule has 5 N–H and O–H groups in total. The Hall–Kier alpha value is -3.73. The summed E-state index contributed by atoms with van der Waals surface area (Å²) in [5, 5.41) is 6.16. The van der Waals surface area contributed by atoms with E-state index in [0.717, 1.165) is 6.07 Å². The fourth-order valence-electron chi connectivity index (χ4n) is 3.22. The Morgan fingerprint density at radius 2 is 1.68 bits per heavy atom. The van der Waals surface area contributed by atoms with Crippen LogP contribution in [0.25, 0.3) is 0 Å². The first-order valence-electron chi connectivity index (χ1n) is 10.5. The van der Waals surface area contributed by atoms with Gasteiger partial charge in [0.15, 0.2) is 0 Å². The van der Waals surface area contributed by atoms with E-state index in [1.165, 1.54) is 18.3 Å². The zero-order valence-electron chi connectivity index (χ0n) is 18.4. The number of benzene rings is 2. The van der Waals surface area contributed by atoms with Gasteiger partial charge in [0.25, 0.3) is 0 Å². The van der Waals surface area contributed by atoms with Crippen molar-refractivity contribution in [3.63, 3.8) is 0 Å². The molecular weight excluding hydrogens is 464 g/mol. The number of hydrogen-bond donors (Lipinski definition) is 4. The van der Waals surface area contributed by atoms with E-state index >= 15 is 0 Å². The SMILES string of the molecule is CCCS(=O)(=O)Nc1ccc(Nc2cc(NCc3cc(F)cc(F)c3)c(CC(N)=O)cn2)cc1. The predicted molar refractivity (Wildman–Crippen MR) is 128 cm³/mol. The smallest absolute Gasteiger partial charge is 0.232 e. The molecule has 2 aromatic carbocycles. The molecule has 0 saturated carbocycles. The highest BCUT2D eigenvalue weighted by Crippen LogP contribution is 2.24. The number of anilines is 4. The predicted octanol–water partition coefficient (Wildman–Crippen LogP) is 3.90. The van der Waals surface area contributed by atoms with Gasteiger partial charge in [0, 0.05) is 47.5 Å². The van der Waals surface area contributed by atoms with E-state index in [1.807, 2.05) is 0 Å². The van der Waals surface area contributed by atoms with Crippen molar-refractivity contribution in [2.45, 2.75) is 26.3 Å². The summed E-state index contributed by atoms with van der Waals surface area (Å²) in [5.74, 6) is -1.46. The van der Waals surface area contributed by atoms with Crippen LogP contribution in [0.1, 0.15) is 24.5 Å². The first kappa shape index (κ1) is 24.9. The molecule has 1 aromatic heterocycles. The zero-order valence-corrected chi connectivity index (χ0v) is 19.3. The minimum atomic E-state index is -3.39. The number of sulfonamides is 1. The maximum absolute atomic E-state index is 13.5. The maximum atomic E-state index is 13.5. The lowest BCUT2D eigenvalue weighted by Crippen LogP contribution is -2.16. The van der Waals surface area contributed by atoms with Crippen molar-refractivity contribution in [2.24, 2.45) is 5.73 Å². The summed E-state index contributed by atoms with van der Waals surface area (Å²) in [4.78, 5) is 15.7. The molecule has 0 aliphatic heterocycles. The molecule has 0 aliphatic rings. The number of hydrogen-bond acceptors (Lipinski definition) is 6. The van der Waals surface area contributed by atoms with Gasteiger partial charge in [-0.15, -0.1) is 0 Å². The molecule has 3 aromatic rings. The van der Waals surface area contributed by atoms with E-state index in [9.17, 15) is 22.0 Å². The van der Waals surface area contributed by atoms with Crippen molar-refractivity contribution in [2.75, 3.05) is 21.1 Å². The number of pyridine rings is 1. The number of aromatic nitrogens is 1. The van der Waals surface area contributed by atoms with E-state index in [2.05, 4.69) is 20.3 Å². The second-order valence-corrected chi connectivity index (χ2v) is 9.47. The molecule has 3 rings (SSSR count). The van der Waals surface area contributed by atoms with Gasteiger partial charge in [0.2, 0.25) is 15.9 Å². The van der Waals surface area contributed by atoms with Gasteiger partial charge in [-0.25, -0.2) is 22.2 Å². The number of carbonyl (C=O) groups is 1. The monoisotopic (exact) mass is 489 g/mol. The number of nitrogens with zero attached hydrogens (tertiary/aromatic N) is 1. The number of amides is 1. The van der Waals surface area contributed by atoms with E-state index < -0.39 is 27.6 Å². The standard InChI is InChI=1S/C23H25F2N5O3S/c1-2-7-34(32,33)30-20-5-3-19(4-6-20)29-23-12-21(16(14-28-23)10-22(26)31)27-13-15-8-17(24)11-18(25)9-15/h3-6,8-9,11-12,14,30H,2,7,10,13H2,1H3,(H2,26,31)(H2,27,28,29). The summed E-state index contributed by atoms with van der Waals surface area (Å²) in [6, 6.07) is 11.5. The van der Waals surface area contributed by atoms with Gasteiger partial charge < -0.3 is 16.4 Å². The molecule has 34 heavy (non-hydrogen) atoms. The minimum absolute atomic E-state index is 0.0343. The number of rotatable bonds is 11. The molecule has 11 heteroatoms. The number of nitrogens with two attached hydrogens (primary N) is 1. The molecular formula is C23H25F2N5O3S. The van der Waals surface area contributed by atoms with Gasteiger partial charge in [0.05, 0.1) is 12.2 Å². The number of primary amides is 1. The van der Waals surface area contributed by atoms with Crippen molar-refractivity contribution in [3.8, 4) is 0 Å². The van der Waals surface area contributed by atoms with Crippen LogP contribution < -0.4 is 21.1 Å². The lowest BCUT2D eigenvalue weighted by molar-refractivity contribution is -0.117. The molecule has 180 valence electrons. The van der Waals surface area contributed by atoms with Crippen molar-refractivity contribution < 1.29 is 22.0 Å². The summed E-state index contributed by atoms with van der Waals surface area (Å²) in [6.45, 7) is 1.89. The Kier molecular flexibility index (Phi) is 8.00. The van der Waals surface area contributed by atoms with Crippen LogP contribution in [0, 0.1) is 11.6 Å². The summed E-state index contributed by atoms with van der Waals surface area (Å²) < 4.78 is 53.3. The van der Waals surface area contributed by atoms with E-state index in [4.69, 9.17) is 5.73 Å². The van der Waals surface area contributed by atoms with Crippen LogP contribution in [-0.4, -0.2) is 25.1 Å². The summed E-state index contributed by atoms with van der Waals surface area (Å²) >= 11 is 0. The topological polar surface area (TPSA) is 126 Å². The third kappa shape index (κ3) is 7.41. The Labute approximate surface area is 196 Å². The third-order valence-corrected chi connectivity index (χ3v) is 6.15. The number of halogens is 2. The Balaban J connectivity index is 1.76. The highest BCUT2D eigenvalue weighted by Gasteiger charge is 2.11. The minimum Gasteiger partial charge on any atom is -0.381 e. The fourth-order valence-corrected chi connectivity index (χ4v) is 4.36. The van der Waals surface area contributed by atoms with Crippen molar-refractivity contribution in [1.82, 2.24) is 4.98 Å². The van der Waals surface area contributed by atoms with Crippen LogP contribution in [0.3, 0.4) is 0 Å². The molecule has 0 bridgehead atoms.